The summed E-state index contributed by atoms with van der Waals surface area (Å²) in [7, 11) is 0. The van der Waals surface area contributed by atoms with Crippen molar-refractivity contribution in [2.75, 3.05) is 5.01 Å². The minimum atomic E-state index is -1.16. The maximum absolute atomic E-state index is 14.1. The number of hydrogen-bond acceptors (Lipinski definition) is 4. The SMILES string of the molecule is CCC1(C2CC(=O)N(C(c3ccccc3)c3ccccc3)C2=O)C(=O)N(c2ccccc2)N=C1C. The Kier molecular flexibility index (Phi) is 5.81. The molecule has 2 unspecified atom stereocenters. The first-order chi connectivity index (χ1) is 17.0. The zero-order chi connectivity index (χ0) is 24.6. The third-order valence-electron chi connectivity index (χ3n) is 7.29. The summed E-state index contributed by atoms with van der Waals surface area (Å²) in [4.78, 5) is 42.8. The summed E-state index contributed by atoms with van der Waals surface area (Å²) in [5, 5.41) is 5.95. The van der Waals surface area contributed by atoms with E-state index in [1.807, 2.05) is 97.9 Å². The number of imide groups is 1. The Balaban J connectivity index is 1.56. The predicted molar refractivity (Wildman–Crippen MR) is 134 cm³/mol. The Bertz CT molecular complexity index is 1250. The van der Waals surface area contributed by atoms with E-state index in [0.717, 1.165) is 11.1 Å². The highest BCUT2D eigenvalue weighted by atomic mass is 16.2. The van der Waals surface area contributed by atoms with Gasteiger partial charge in [-0.3, -0.25) is 19.3 Å². The third kappa shape index (κ3) is 3.57. The Labute approximate surface area is 204 Å². The summed E-state index contributed by atoms with van der Waals surface area (Å²) in [5.41, 5.74) is 1.75. The molecular formula is C29H27N3O3. The van der Waals surface area contributed by atoms with Crippen molar-refractivity contribution >= 4 is 29.1 Å². The minimum Gasteiger partial charge on any atom is -0.274 e. The summed E-state index contributed by atoms with van der Waals surface area (Å²) in [6, 6.07) is 27.7. The number of carbonyl (C=O) groups excluding carboxylic acids is 3. The van der Waals surface area contributed by atoms with Crippen molar-refractivity contribution in [3.8, 4) is 0 Å². The Morgan fingerprint density at radius 2 is 1.37 bits per heavy atom. The average molecular weight is 466 g/mol. The number of likely N-dealkylation sites (tertiary alicyclic amines) is 1. The zero-order valence-corrected chi connectivity index (χ0v) is 19.8. The van der Waals surface area contributed by atoms with E-state index in [1.165, 1.54) is 9.91 Å². The van der Waals surface area contributed by atoms with Crippen molar-refractivity contribution in [2.24, 2.45) is 16.4 Å². The van der Waals surface area contributed by atoms with Crippen LogP contribution in [-0.4, -0.2) is 28.3 Å². The molecule has 3 aromatic carbocycles. The molecule has 0 aromatic heterocycles. The van der Waals surface area contributed by atoms with Gasteiger partial charge in [0.1, 0.15) is 5.41 Å². The van der Waals surface area contributed by atoms with Gasteiger partial charge in [0.15, 0.2) is 0 Å². The lowest BCUT2D eigenvalue weighted by Gasteiger charge is -2.33. The van der Waals surface area contributed by atoms with Crippen molar-refractivity contribution in [3.05, 3.63) is 102 Å². The van der Waals surface area contributed by atoms with Gasteiger partial charge in [-0.25, -0.2) is 0 Å². The molecule has 2 heterocycles. The minimum absolute atomic E-state index is 0.0237. The van der Waals surface area contributed by atoms with Crippen molar-refractivity contribution in [2.45, 2.75) is 32.7 Å². The van der Waals surface area contributed by atoms with Gasteiger partial charge < -0.3 is 0 Å². The molecule has 6 nitrogen and oxygen atoms in total. The summed E-state index contributed by atoms with van der Waals surface area (Å²) < 4.78 is 0. The molecule has 0 bridgehead atoms. The molecule has 0 radical (unpaired) electrons. The quantitative estimate of drug-likeness (QED) is 0.483. The van der Waals surface area contributed by atoms with Crippen LogP contribution in [0.5, 0.6) is 0 Å². The smallest absolute Gasteiger partial charge is 0.260 e. The average Bonchev–Trinajstić information content (AvgIpc) is 3.33. The maximum Gasteiger partial charge on any atom is 0.260 e. The van der Waals surface area contributed by atoms with E-state index in [1.54, 1.807) is 6.92 Å². The highest BCUT2D eigenvalue weighted by Crippen LogP contribution is 2.48. The first-order valence-electron chi connectivity index (χ1n) is 11.9. The van der Waals surface area contributed by atoms with Crippen LogP contribution >= 0.6 is 0 Å². The van der Waals surface area contributed by atoms with E-state index >= 15 is 0 Å². The van der Waals surface area contributed by atoms with Gasteiger partial charge >= 0.3 is 0 Å². The van der Waals surface area contributed by atoms with Crippen LogP contribution in [0.25, 0.3) is 0 Å². The van der Waals surface area contributed by atoms with Gasteiger partial charge in [-0.1, -0.05) is 85.8 Å². The van der Waals surface area contributed by atoms with E-state index in [2.05, 4.69) is 5.10 Å². The van der Waals surface area contributed by atoms with Gasteiger partial charge in [0.25, 0.3) is 5.91 Å². The number of hydrogen-bond donors (Lipinski definition) is 0. The zero-order valence-electron chi connectivity index (χ0n) is 19.8. The van der Waals surface area contributed by atoms with Gasteiger partial charge in [0.05, 0.1) is 23.4 Å². The fourth-order valence-corrected chi connectivity index (χ4v) is 5.50. The van der Waals surface area contributed by atoms with Crippen molar-refractivity contribution in [1.82, 2.24) is 4.90 Å². The second-order valence-electron chi connectivity index (χ2n) is 9.05. The summed E-state index contributed by atoms with van der Waals surface area (Å²) >= 11 is 0. The highest BCUT2D eigenvalue weighted by Gasteiger charge is 2.61. The molecule has 5 rings (SSSR count). The van der Waals surface area contributed by atoms with Gasteiger partial charge in [-0.2, -0.15) is 10.1 Å². The Morgan fingerprint density at radius 3 is 1.89 bits per heavy atom. The predicted octanol–water partition coefficient (Wildman–Crippen LogP) is 4.97. The van der Waals surface area contributed by atoms with Crippen LogP contribution in [0.2, 0.25) is 0 Å². The van der Waals surface area contributed by atoms with E-state index in [9.17, 15) is 14.4 Å². The molecule has 176 valence electrons. The topological polar surface area (TPSA) is 70.1 Å². The summed E-state index contributed by atoms with van der Waals surface area (Å²) in [6.07, 6.45) is 0.355. The van der Waals surface area contributed by atoms with Crippen molar-refractivity contribution in [3.63, 3.8) is 0 Å². The molecular weight excluding hydrogens is 438 g/mol. The summed E-state index contributed by atoms with van der Waals surface area (Å²) in [6.45, 7) is 3.67. The standard InChI is InChI=1S/C29H27N3O3/c1-3-29(20(2)30-32(28(29)35)23-17-11-6-12-18-23)24-19-25(33)31(27(24)34)26(21-13-7-4-8-14-21)22-15-9-5-10-16-22/h4-18,24,26H,3,19H2,1-2H3. The van der Waals surface area contributed by atoms with Gasteiger partial charge in [0.2, 0.25) is 11.8 Å². The normalized spacial score (nSPS) is 22.3. The highest BCUT2D eigenvalue weighted by molar-refractivity contribution is 6.22. The molecule has 3 amide bonds. The lowest BCUT2D eigenvalue weighted by molar-refractivity contribution is -0.144. The first kappa shape index (κ1) is 22.7. The van der Waals surface area contributed by atoms with E-state index in [0.29, 0.717) is 17.8 Å². The molecule has 6 heteroatoms. The first-order valence-corrected chi connectivity index (χ1v) is 11.9. The largest absolute Gasteiger partial charge is 0.274 e. The van der Waals surface area contributed by atoms with Crippen molar-refractivity contribution < 1.29 is 14.4 Å². The second kappa shape index (κ2) is 8.95. The number of para-hydroxylation sites is 1. The molecule has 1 saturated heterocycles. The van der Waals surface area contributed by atoms with Crippen LogP contribution in [0.1, 0.15) is 43.9 Å². The number of nitrogens with zero attached hydrogens (tertiary/aromatic N) is 3. The van der Waals surface area contributed by atoms with Crippen LogP contribution in [0, 0.1) is 11.3 Å². The maximum atomic E-state index is 14.1. The molecule has 1 fully saturated rings. The van der Waals surface area contributed by atoms with Gasteiger partial charge in [-0.05, 0) is 36.6 Å². The molecule has 0 saturated carbocycles. The molecule has 2 aliphatic rings. The van der Waals surface area contributed by atoms with Gasteiger partial charge in [-0.15, -0.1) is 0 Å². The Morgan fingerprint density at radius 1 is 0.857 bits per heavy atom. The monoisotopic (exact) mass is 465 g/mol. The number of amides is 3. The number of rotatable bonds is 6. The lowest BCUT2D eigenvalue weighted by Crippen LogP contribution is -2.48. The molecule has 35 heavy (non-hydrogen) atoms. The number of carbonyl (C=O) groups is 3. The number of hydrazone groups is 1. The lowest BCUT2D eigenvalue weighted by atomic mass is 9.69. The molecule has 0 spiro atoms. The number of anilines is 1. The molecule has 0 N–H and O–H groups in total. The fourth-order valence-electron chi connectivity index (χ4n) is 5.50. The molecule has 2 atom stereocenters. The van der Waals surface area contributed by atoms with Crippen LogP contribution in [-0.2, 0) is 14.4 Å². The molecule has 3 aromatic rings. The number of benzene rings is 3. The van der Waals surface area contributed by atoms with Crippen LogP contribution in [0.3, 0.4) is 0 Å². The van der Waals surface area contributed by atoms with Gasteiger partial charge in [0, 0.05) is 6.42 Å². The van der Waals surface area contributed by atoms with E-state index in [4.69, 9.17) is 0 Å². The van der Waals surface area contributed by atoms with Crippen LogP contribution < -0.4 is 5.01 Å². The molecule has 2 aliphatic heterocycles. The van der Waals surface area contributed by atoms with Crippen molar-refractivity contribution in [1.29, 1.82) is 0 Å². The van der Waals surface area contributed by atoms with Crippen LogP contribution in [0.4, 0.5) is 5.69 Å². The summed E-state index contributed by atoms with van der Waals surface area (Å²) in [5.74, 6) is -1.66. The van der Waals surface area contributed by atoms with E-state index < -0.39 is 17.4 Å². The second-order valence-corrected chi connectivity index (χ2v) is 9.05. The third-order valence-corrected chi connectivity index (χ3v) is 7.29. The van der Waals surface area contributed by atoms with Crippen LogP contribution in [0.15, 0.2) is 96.1 Å². The fraction of sp³-hybridized carbons (Fsp3) is 0.241. The molecule has 0 aliphatic carbocycles. The Hall–Kier alpha value is -4.06. The van der Waals surface area contributed by atoms with E-state index in [-0.39, 0.29) is 24.1 Å².